The predicted molar refractivity (Wildman–Crippen MR) is 177 cm³/mol. The van der Waals surface area contributed by atoms with E-state index in [9.17, 15) is 0 Å². The monoisotopic (exact) mass is 540 g/mol. The van der Waals surface area contributed by atoms with Crippen LogP contribution in [-0.2, 0) is 25.7 Å². The van der Waals surface area contributed by atoms with Crippen LogP contribution in [-0.4, -0.2) is 4.57 Å². The number of para-hydroxylation sites is 3. The molecule has 0 saturated heterocycles. The number of nitrogens with one attached hydrogen (secondary N) is 1. The molecule has 2 heteroatoms. The summed E-state index contributed by atoms with van der Waals surface area (Å²) < 4.78 is 2.39. The van der Waals surface area contributed by atoms with Gasteiger partial charge in [-0.25, -0.2) is 0 Å². The van der Waals surface area contributed by atoms with Gasteiger partial charge in [0.25, 0.3) is 0 Å². The Morgan fingerprint density at radius 1 is 0.476 bits per heavy atom. The number of nitrogens with zero attached hydrogens (tertiary/aromatic N) is 1. The molecule has 0 amide bonds. The molecule has 0 fully saturated rings. The van der Waals surface area contributed by atoms with Gasteiger partial charge in [-0.1, -0.05) is 91.0 Å². The maximum absolute atomic E-state index is 3.75. The van der Waals surface area contributed by atoms with Crippen LogP contribution in [0, 0.1) is 0 Å². The highest BCUT2D eigenvalue weighted by Crippen LogP contribution is 2.36. The first-order chi connectivity index (χ1) is 20.8. The number of aryl methyl sites for hydroxylation is 4. The highest BCUT2D eigenvalue weighted by molar-refractivity contribution is 6.09. The van der Waals surface area contributed by atoms with Gasteiger partial charge in [0, 0.05) is 27.8 Å². The van der Waals surface area contributed by atoms with Crippen molar-refractivity contribution in [3.05, 3.63) is 162 Å². The van der Waals surface area contributed by atoms with Crippen molar-refractivity contribution in [2.24, 2.45) is 0 Å². The van der Waals surface area contributed by atoms with Crippen LogP contribution in [0.1, 0.15) is 22.3 Å². The Morgan fingerprint density at radius 3 is 1.69 bits per heavy atom. The van der Waals surface area contributed by atoms with Gasteiger partial charge in [-0.05, 0) is 108 Å². The van der Waals surface area contributed by atoms with Gasteiger partial charge in [-0.2, -0.15) is 0 Å². The molecule has 0 saturated carbocycles. The summed E-state index contributed by atoms with van der Waals surface area (Å²) in [5.74, 6) is 0. The quantitative estimate of drug-likeness (QED) is 0.235. The number of anilines is 2. The molecule has 11 rings (SSSR count). The largest absolute Gasteiger partial charge is 0.355 e. The molecule has 0 aliphatic heterocycles. The zero-order chi connectivity index (χ0) is 27.9. The van der Waals surface area contributed by atoms with Crippen LogP contribution in [0.15, 0.2) is 140 Å². The third kappa shape index (κ3) is 4.46. The van der Waals surface area contributed by atoms with E-state index in [4.69, 9.17) is 0 Å². The fourth-order valence-electron chi connectivity index (χ4n) is 6.59. The maximum Gasteiger partial charge on any atom is 0.0541 e. The highest BCUT2D eigenvalue weighted by atomic mass is 15.0. The molecule has 6 aromatic carbocycles. The summed E-state index contributed by atoms with van der Waals surface area (Å²) in [5, 5.41) is 6.33. The summed E-state index contributed by atoms with van der Waals surface area (Å²) in [7, 11) is 0. The van der Waals surface area contributed by atoms with Gasteiger partial charge in [0.15, 0.2) is 0 Å². The van der Waals surface area contributed by atoms with E-state index >= 15 is 0 Å². The number of aromatic nitrogens is 1. The molecule has 202 valence electrons. The van der Waals surface area contributed by atoms with Gasteiger partial charge in [0.05, 0.1) is 11.0 Å². The minimum Gasteiger partial charge on any atom is -0.355 e. The average molecular weight is 541 g/mol. The first-order valence-electron chi connectivity index (χ1n) is 14.9. The second-order valence-electron chi connectivity index (χ2n) is 11.4. The molecule has 1 heterocycles. The Labute approximate surface area is 246 Å². The van der Waals surface area contributed by atoms with Crippen molar-refractivity contribution >= 4 is 33.2 Å². The summed E-state index contributed by atoms with van der Waals surface area (Å²) in [4.78, 5) is 0. The van der Waals surface area contributed by atoms with E-state index in [0.717, 1.165) is 31.4 Å². The first-order valence-corrected chi connectivity index (χ1v) is 14.9. The van der Waals surface area contributed by atoms with Crippen LogP contribution in [0.3, 0.4) is 0 Å². The Morgan fingerprint density at radius 2 is 1.05 bits per heavy atom. The van der Waals surface area contributed by atoms with E-state index in [0.29, 0.717) is 0 Å². The molecule has 4 aliphatic carbocycles. The zero-order valence-electron chi connectivity index (χ0n) is 23.6. The minimum absolute atomic E-state index is 0.987. The van der Waals surface area contributed by atoms with Gasteiger partial charge >= 0.3 is 0 Å². The number of rotatable bonds is 4. The van der Waals surface area contributed by atoms with Crippen LogP contribution in [0.5, 0.6) is 0 Å². The lowest BCUT2D eigenvalue weighted by Gasteiger charge is -2.20. The molecular formula is C40H32N2. The standard InChI is InChI=1S/C40H32N2/c1-2-8-33(9-3-1)41-38-27-31-20-18-28-14-16-29(17-15-28)19-21-32(38)26-37(31)30-22-24-34(25-23-30)42-39-12-6-4-10-35(39)36-11-5-7-13-40(36)42/h1-17,22-27,41H,18-21H2. The summed E-state index contributed by atoms with van der Waals surface area (Å²) in [6.45, 7) is 0. The smallest absolute Gasteiger partial charge is 0.0541 e. The van der Waals surface area contributed by atoms with Gasteiger partial charge < -0.3 is 9.88 Å². The van der Waals surface area contributed by atoms with Crippen molar-refractivity contribution in [3.63, 3.8) is 0 Å². The second-order valence-corrected chi connectivity index (χ2v) is 11.4. The summed E-state index contributed by atoms with van der Waals surface area (Å²) in [5.41, 5.74) is 14.2. The molecule has 7 aromatic rings. The van der Waals surface area contributed by atoms with E-state index < -0.39 is 0 Å². The van der Waals surface area contributed by atoms with Crippen LogP contribution < -0.4 is 5.32 Å². The number of hydrogen-bond acceptors (Lipinski definition) is 1. The first kappa shape index (κ1) is 24.7. The Kier molecular flexibility index (Phi) is 6.11. The van der Waals surface area contributed by atoms with E-state index in [1.165, 1.54) is 66.6 Å². The summed E-state index contributed by atoms with van der Waals surface area (Å²) in [6.07, 6.45) is 4.03. The molecule has 42 heavy (non-hydrogen) atoms. The van der Waals surface area contributed by atoms with Crippen molar-refractivity contribution < 1.29 is 0 Å². The van der Waals surface area contributed by atoms with Crippen molar-refractivity contribution in [1.82, 2.24) is 4.57 Å². The van der Waals surface area contributed by atoms with Crippen molar-refractivity contribution in [2.45, 2.75) is 25.7 Å². The normalized spacial score (nSPS) is 12.9. The van der Waals surface area contributed by atoms with Crippen LogP contribution in [0.2, 0.25) is 0 Å². The fourth-order valence-corrected chi connectivity index (χ4v) is 6.59. The molecule has 0 unspecified atom stereocenters. The Bertz CT molecular complexity index is 1980. The third-order valence-electron chi connectivity index (χ3n) is 8.79. The van der Waals surface area contributed by atoms with Crippen LogP contribution in [0.25, 0.3) is 38.6 Å². The Balaban J connectivity index is 1.23. The number of fused-ring (bicyclic) bond motifs is 3. The summed E-state index contributed by atoms with van der Waals surface area (Å²) >= 11 is 0. The Hall–Kier alpha value is -5.08. The van der Waals surface area contributed by atoms with Crippen LogP contribution >= 0.6 is 0 Å². The van der Waals surface area contributed by atoms with Gasteiger partial charge in [-0.3, -0.25) is 0 Å². The lowest BCUT2D eigenvalue weighted by atomic mass is 9.89. The maximum atomic E-state index is 3.75. The second kappa shape index (κ2) is 10.4. The van der Waals surface area contributed by atoms with E-state index in [1.807, 2.05) is 0 Å². The van der Waals surface area contributed by atoms with Gasteiger partial charge in [0.1, 0.15) is 0 Å². The lowest BCUT2D eigenvalue weighted by molar-refractivity contribution is 0.925. The molecular weight excluding hydrogens is 508 g/mol. The van der Waals surface area contributed by atoms with Crippen molar-refractivity contribution in [2.75, 3.05) is 5.32 Å². The molecule has 1 aromatic heterocycles. The average Bonchev–Trinajstić information content (AvgIpc) is 3.38. The molecule has 2 nitrogen and oxygen atoms in total. The van der Waals surface area contributed by atoms with Gasteiger partial charge in [0.2, 0.25) is 0 Å². The van der Waals surface area contributed by atoms with E-state index in [-0.39, 0.29) is 0 Å². The highest BCUT2D eigenvalue weighted by Gasteiger charge is 2.16. The predicted octanol–water partition coefficient (Wildman–Crippen LogP) is 10.1. The van der Waals surface area contributed by atoms with Crippen LogP contribution in [0.4, 0.5) is 11.4 Å². The third-order valence-corrected chi connectivity index (χ3v) is 8.79. The molecule has 0 atom stereocenters. The molecule has 4 aliphatic rings. The SMILES string of the molecule is c1ccc(Nc2cc3c(-c4ccc(-n5c6ccccc6c6ccccc65)cc4)cc2CCc2ccc(cc2)CC3)cc1. The minimum atomic E-state index is 0.987. The fraction of sp³-hybridized carbons (Fsp3) is 0.100. The molecule has 0 radical (unpaired) electrons. The molecule has 0 spiro atoms. The topological polar surface area (TPSA) is 17.0 Å². The van der Waals surface area contributed by atoms with Gasteiger partial charge in [-0.15, -0.1) is 0 Å². The van der Waals surface area contributed by atoms with Crippen molar-refractivity contribution in [3.8, 4) is 16.8 Å². The lowest BCUT2D eigenvalue weighted by Crippen LogP contribution is -2.04. The zero-order valence-corrected chi connectivity index (χ0v) is 23.6. The number of benzene rings is 6. The van der Waals surface area contributed by atoms with E-state index in [2.05, 4.69) is 149 Å². The summed E-state index contributed by atoms with van der Waals surface area (Å²) in [6, 6.07) is 51.3. The molecule has 1 N–H and O–H groups in total. The van der Waals surface area contributed by atoms with E-state index in [1.54, 1.807) is 0 Å². The van der Waals surface area contributed by atoms with Crippen molar-refractivity contribution in [1.29, 1.82) is 0 Å². The number of hydrogen-bond donors (Lipinski definition) is 1. The molecule has 4 bridgehead atoms.